The van der Waals surface area contributed by atoms with Crippen LogP contribution in [-0.2, 0) is 9.53 Å². The molecule has 3 atom stereocenters. The van der Waals surface area contributed by atoms with Crippen LogP contribution in [0.1, 0.15) is 32.1 Å². The van der Waals surface area contributed by atoms with Gasteiger partial charge < -0.3 is 15.4 Å². The van der Waals surface area contributed by atoms with Gasteiger partial charge in [-0.3, -0.25) is 4.79 Å². The zero-order valence-electron chi connectivity index (χ0n) is 10.6. The molecule has 5 nitrogen and oxygen atoms in total. The van der Waals surface area contributed by atoms with Crippen molar-refractivity contribution in [3.63, 3.8) is 0 Å². The number of fused-ring (bicyclic) bond motifs is 1. The minimum Gasteiger partial charge on any atom is -0.469 e. The number of ether oxygens (including phenoxy) is 1. The van der Waals surface area contributed by atoms with E-state index in [1.54, 1.807) is 0 Å². The van der Waals surface area contributed by atoms with E-state index in [0.717, 1.165) is 31.4 Å². The summed E-state index contributed by atoms with van der Waals surface area (Å²) in [7, 11) is 1.42. The first-order valence-electron chi connectivity index (χ1n) is 6.46. The molecule has 6 heteroatoms. The number of carbonyl (C=O) groups is 2. The van der Waals surface area contributed by atoms with E-state index in [1.165, 1.54) is 7.11 Å². The van der Waals surface area contributed by atoms with Crippen LogP contribution in [-0.4, -0.2) is 42.2 Å². The van der Waals surface area contributed by atoms with Gasteiger partial charge in [-0.1, -0.05) is 12.8 Å². The quantitative estimate of drug-likeness (QED) is 0.434. The Hall–Kier alpha value is -0.910. The van der Waals surface area contributed by atoms with Crippen molar-refractivity contribution in [2.75, 3.05) is 12.9 Å². The first kappa shape index (κ1) is 13.5. The van der Waals surface area contributed by atoms with E-state index < -0.39 is 0 Å². The summed E-state index contributed by atoms with van der Waals surface area (Å²) in [6.07, 6.45) is 4.66. The first-order valence-corrected chi connectivity index (χ1v) is 7.51. The van der Waals surface area contributed by atoms with Crippen molar-refractivity contribution in [2.24, 2.45) is 0 Å². The largest absolute Gasteiger partial charge is 0.469 e. The Bertz CT molecular complexity index is 324. The number of urea groups is 1. The molecule has 2 aliphatic rings. The minimum absolute atomic E-state index is 0.0269. The SMILES string of the molecule is COC(=O)CCCCC[C@@H]1SC[C@@H]2NC(=O)N[C@@H]21. The predicted molar refractivity (Wildman–Crippen MR) is 70.6 cm³/mol. The third-order valence-corrected chi connectivity index (χ3v) is 5.04. The maximum atomic E-state index is 11.2. The summed E-state index contributed by atoms with van der Waals surface area (Å²) in [5.74, 6) is 0.883. The number of methoxy groups -OCH3 is 1. The molecule has 2 amide bonds. The lowest BCUT2D eigenvalue weighted by atomic mass is 10.0. The van der Waals surface area contributed by atoms with Crippen molar-refractivity contribution >= 4 is 23.8 Å². The van der Waals surface area contributed by atoms with Crippen molar-refractivity contribution in [1.82, 2.24) is 10.6 Å². The minimum atomic E-state index is -0.127. The van der Waals surface area contributed by atoms with E-state index in [1.807, 2.05) is 11.8 Å². The summed E-state index contributed by atoms with van der Waals surface area (Å²) in [6, 6.07) is 0.576. The molecule has 0 unspecified atom stereocenters. The second kappa shape index (κ2) is 6.31. The third-order valence-electron chi connectivity index (χ3n) is 3.54. The average molecular weight is 272 g/mol. The average Bonchev–Trinajstić information content (AvgIpc) is 2.88. The lowest BCUT2D eigenvalue weighted by molar-refractivity contribution is -0.140. The molecule has 2 N–H and O–H groups in total. The molecule has 18 heavy (non-hydrogen) atoms. The fourth-order valence-electron chi connectivity index (χ4n) is 2.54. The van der Waals surface area contributed by atoms with Crippen LogP contribution in [0.4, 0.5) is 4.79 Å². The Kier molecular flexibility index (Phi) is 4.74. The lowest BCUT2D eigenvalue weighted by Crippen LogP contribution is -2.36. The van der Waals surface area contributed by atoms with Crippen LogP contribution in [0.25, 0.3) is 0 Å². The number of hydrogen-bond acceptors (Lipinski definition) is 4. The van der Waals surface area contributed by atoms with Gasteiger partial charge in [0.15, 0.2) is 0 Å². The smallest absolute Gasteiger partial charge is 0.315 e. The number of nitrogens with one attached hydrogen (secondary N) is 2. The molecular weight excluding hydrogens is 252 g/mol. The third kappa shape index (κ3) is 3.31. The van der Waals surface area contributed by atoms with Gasteiger partial charge in [0.05, 0.1) is 19.2 Å². The van der Waals surface area contributed by atoms with Crippen LogP contribution in [0.2, 0.25) is 0 Å². The molecule has 0 aliphatic carbocycles. The summed E-state index contributed by atoms with van der Waals surface area (Å²) < 4.78 is 4.60. The second-order valence-corrected chi connectivity index (χ2v) is 6.07. The normalized spacial score (nSPS) is 29.6. The topological polar surface area (TPSA) is 67.4 Å². The molecule has 0 spiro atoms. The number of amides is 2. The molecule has 2 rings (SSSR count). The molecule has 0 aromatic rings. The number of hydrogen-bond donors (Lipinski definition) is 2. The summed E-state index contributed by atoms with van der Waals surface area (Å²) >= 11 is 1.94. The van der Waals surface area contributed by atoms with E-state index in [9.17, 15) is 9.59 Å². The predicted octanol–water partition coefficient (Wildman–Crippen LogP) is 1.28. The van der Waals surface area contributed by atoms with E-state index in [4.69, 9.17) is 0 Å². The summed E-state index contributed by atoms with van der Waals surface area (Å²) in [6.45, 7) is 0. The standard InChI is InChI=1S/C12H20N2O3S/c1-17-10(15)6-4-2-3-5-9-11-8(7-18-9)13-12(16)14-11/h8-9,11H,2-7H2,1H3,(H2,13,14,16)/t8-,9-,11-/m0/s1. The first-order chi connectivity index (χ1) is 8.70. The molecule has 0 radical (unpaired) electrons. The van der Waals surface area contributed by atoms with E-state index in [2.05, 4.69) is 15.4 Å². The molecule has 2 heterocycles. The molecular formula is C12H20N2O3S. The fraction of sp³-hybridized carbons (Fsp3) is 0.833. The maximum Gasteiger partial charge on any atom is 0.315 e. The second-order valence-electron chi connectivity index (χ2n) is 4.80. The Labute approximate surface area is 111 Å². The summed E-state index contributed by atoms with van der Waals surface area (Å²) in [4.78, 5) is 22.1. The number of rotatable bonds is 6. The van der Waals surface area contributed by atoms with Crippen LogP contribution < -0.4 is 10.6 Å². The highest BCUT2D eigenvalue weighted by atomic mass is 32.2. The van der Waals surface area contributed by atoms with Gasteiger partial charge in [0, 0.05) is 17.4 Å². The lowest BCUT2D eigenvalue weighted by Gasteiger charge is -2.16. The Morgan fingerprint density at radius 2 is 2.22 bits per heavy atom. The highest BCUT2D eigenvalue weighted by Gasteiger charge is 2.42. The van der Waals surface area contributed by atoms with E-state index in [-0.39, 0.29) is 12.0 Å². The van der Waals surface area contributed by atoms with Crippen LogP contribution in [0.3, 0.4) is 0 Å². The molecule has 2 aliphatic heterocycles. The molecule has 0 bridgehead atoms. The van der Waals surface area contributed by atoms with E-state index >= 15 is 0 Å². The van der Waals surface area contributed by atoms with Crippen molar-refractivity contribution < 1.29 is 14.3 Å². The van der Waals surface area contributed by atoms with Crippen molar-refractivity contribution in [1.29, 1.82) is 0 Å². The van der Waals surface area contributed by atoms with Gasteiger partial charge in [-0.2, -0.15) is 11.8 Å². The summed E-state index contributed by atoms with van der Waals surface area (Å²) in [5.41, 5.74) is 0. The molecule has 2 saturated heterocycles. The zero-order chi connectivity index (χ0) is 13.0. The van der Waals surface area contributed by atoms with Gasteiger partial charge in [0.1, 0.15) is 0 Å². The maximum absolute atomic E-state index is 11.2. The number of esters is 1. The summed E-state index contributed by atoms with van der Waals surface area (Å²) in [5, 5.41) is 6.45. The van der Waals surface area contributed by atoms with Crippen molar-refractivity contribution in [3.05, 3.63) is 0 Å². The van der Waals surface area contributed by atoms with Crippen LogP contribution in [0, 0.1) is 0 Å². The molecule has 2 fully saturated rings. The van der Waals surface area contributed by atoms with Crippen molar-refractivity contribution in [3.8, 4) is 0 Å². The van der Waals surface area contributed by atoms with Crippen molar-refractivity contribution in [2.45, 2.75) is 49.4 Å². The monoisotopic (exact) mass is 272 g/mol. The number of carbonyl (C=O) groups excluding carboxylic acids is 2. The van der Waals surface area contributed by atoms with Crippen LogP contribution >= 0.6 is 11.8 Å². The van der Waals surface area contributed by atoms with Gasteiger partial charge in [-0.25, -0.2) is 4.79 Å². The fourth-order valence-corrected chi connectivity index (χ4v) is 4.08. The molecule has 0 aromatic heterocycles. The number of thioether (sulfide) groups is 1. The van der Waals surface area contributed by atoms with Crippen LogP contribution in [0.5, 0.6) is 0 Å². The highest BCUT2D eigenvalue weighted by Crippen LogP contribution is 2.33. The van der Waals surface area contributed by atoms with Crippen LogP contribution in [0.15, 0.2) is 0 Å². The highest BCUT2D eigenvalue weighted by molar-refractivity contribution is 8.00. The molecule has 0 saturated carbocycles. The van der Waals surface area contributed by atoms with E-state index in [0.29, 0.717) is 23.8 Å². The Balaban J connectivity index is 1.60. The van der Waals surface area contributed by atoms with Gasteiger partial charge >= 0.3 is 12.0 Å². The molecule has 0 aromatic carbocycles. The van der Waals surface area contributed by atoms with Gasteiger partial charge in [-0.15, -0.1) is 0 Å². The Morgan fingerprint density at radius 3 is 3.00 bits per heavy atom. The van der Waals surface area contributed by atoms with Gasteiger partial charge in [-0.05, 0) is 12.8 Å². The zero-order valence-corrected chi connectivity index (χ0v) is 11.4. The number of unbranched alkanes of at least 4 members (excludes halogenated alkanes) is 2. The Morgan fingerprint density at radius 1 is 1.39 bits per heavy atom. The van der Waals surface area contributed by atoms with Gasteiger partial charge in [0.2, 0.25) is 0 Å². The van der Waals surface area contributed by atoms with Gasteiger partial charge in [0.25, 0.3) is 0 Å². The molecule has 102 valence electrons.